The number of anilines is 1. The zero-order valence-electron chi connectivity index (χ0n) is 10.7. The lowest BCUT2D eigenvalue weighted by Gasteiger charge is -2.27. The Bertz CT molecular complexity index is 586. The lowest BCUT2D eigenvalue weighted by Crippen LogP contribution is -2.41. The summed E-state index contributed by atoms with van der Waals surface area (Å²) in [5, 5.41) is 0. The van der Waals surface area contributed by atoms with Crippen molar-refractivity contribution < 1.29 is 13.2 Å². The summed E-state index contributed by atoms with van der Waals surface area (Å²) in [7, 11) is -3.02. The molecule has 0 saturated carbocycles. The van der Waals surface area contributed by atoms with E-state index in [9.17, 15) is 13.2 Å². The lowest BCUT2D eigenvalue weighted by atomic mass is 10.1. The first kappa shape index (κ1) is 13.8. The average molecular weight is 283 g/mol. The Morgan fingerprint density at radius 3 is 2.84 bits per heavy atom. The van der Waals surface area contributed by atoms with Crippen molar-refractivity contribution in [1.82, 2.24) is 9.88 Å². The summed E-state index contributed by atoms with van der Waals surface area (Å²) < 4.78 is 23.0. The van der Waals surface area contributed by atoms with Crippen LogP contribution < -0.4 is 5.73 Å². The number of carbonyl (C=O) groups excluding carboxylic acids is 1. The topological polar surface area (TPSA) is 93.4 Å². The minimum atomic E-state index is -3.02. The number of aromatic nitrogens is 1. The van der Waals surface area contributed by atoms with Crippen molar-refractivity contribution in [1.29, 1.82) is 0 Å². The zero-order chi connectivity index (χ0) is 14.0. The molecule has 1 fully saturated rings. The van der Waals surface area contributed by atoms with E-state index in [2.05, 4.69) is 4.98 Å². The molecule has 1 aliphatic rings. The highest BCUT2D eigenvalue weighted by Gasteiger charge is 2.34. The monoisotopic (exact) mass is 283 g/mol. The predicted octanol–water partition coefficient (Wildman–Crippen LogP) is 0.313. The minimum Gasteiger partial charge on any atom is -0.383 e. The van der Waals surface area contributed by atoms with Crippen molar-refractivity contribution in [3.05, 3.63) is 23.9 Å². The van der Waals surface area contributed by atoms with E-state index in [0.29, 0.717) is 18.5 Å². The average Bonchev–Trinajstić information content (AvgIpc) is 2.71. The maximum atomic E-state index is 12.4. The molecule has 1 aliphatic heterocycles. The fraction of sp³-hybridized carbons (Fsp3) is 0.500. The van der Waals surface area contributed by atoms with Crippen LogP contribution in [-0.2, 0) is 9.84 Å². The van der Waals surface area contributed by atoms with Crippen molar-refractivity contribution in [2.75, 3.05) is 23.8 Å². The molecule has 1 saturated heterocycles. The van der Waals surface area contributed by atoms with Gasteiger partial charge < -0.3 is 10.6 Å². The first-order valence-corrected chi connectivity index (χ1v) is 7.98. The Kier molecular flexibility index (Phi) is 3.75. The first-order valence-electron chi connectivity index (χ1n) is 6.16. The normalized spacial score (nSPS) is 21.2. The summed E-state index contributed by atoms with van der Waals surface area (Å²) in [5.41, 5.74) is 6.02. The SMILES string of the molecule is CCN(C(=O)c1cccnc1N)C1CCS(=O)(=O)C1. The van der Waals surface area contributed by atoms with Crippen LogP contribution in [0.15, 0.2) is 18.3 Å². The zero-order valence-corrected chi connectivity index (χ0v) is 11.6. The van der Waals surface area contributed by atoms with E-state index >= 15 is 0 Å². The molecule has 1 atom stereocenters. The Labute approximate surface area is 112 Å². The van der Waals surface area contributed by atoms with Gasteiger partial charge in [-0.15, -0.1) is 0 Å². The van der Waals surface area contributed by atoms with Crippen LogP contribution in [0.3, 0.4) is 0 Å². The van der Waals surface area contributed by atoms with Gasteiger partial charge in [-0.2, -0.15) is 0 Å². The number of rotatable bonds is 3. The maximum Gasteiger partial charge on any atom is 0.257 e. The van der Waals surface area contributed by atoms with Crippen LogP contribution in [0.4, 0.5) is 5.82 Å². The van der Waals surface area contributed by atoms with Crippen molar-refractivity contribution in [2.45, 2.75) is 19.4 Å². The molecular weight excluding hydrogens is 266 g/mol. The summed E-state index contributed by atoms with van der Waals surface area (Å²) in [4.78, 5) is 17.9. The molecule has 0 bridgehead atoms. The molecule has 2 heterocycles. The summed E-state index contributed by atoms with van der Waals surface area (Å²) in [6.07, 6.45) is 2.00. The van der Waals surface area contributed by atoms with Crippen LogP contribution in [-0.4, -0.2) is 48.3 Å². The predicted molar refractivity (Wildman–Crippen MR) is 72.4 cm³/mol. The molecule has 2 rings (SSSR count). The highest BCUT2D eigenvalue weighted by Crippen LogP contribution is 2.21. The number of carbonyl (C=O) groups is 1. The molecular formula is C12H17N3O3S. The smallest absolute Gasteiger partial charge is 0.257 e. The van der Waals surface area contributed by atoms with Gasteiger partial charge in [0.25, 0.3) is 5.91 Å². The molecule has 19 heavy (non-hydrogen) atoms. The standard InChI is InChI=1S/C12H17N3O3S/c1-2-15(9-5-7-19(17,18)8-9)12(16)10-4-3-6-14-11(10)13/h3-4,6,9H,2,5,7-8H2,1H3,(H2,13,14). The molecule has 7 heteroatoms. The van der Waals surface area contributed by atoms with Crippen molar-refractivity contribution in [3.63, 3.8) is 0 Å². The highest BCUT2D eigenvalue weighted by atomic mass is 32.2. The number of sulfone groups is 1. The maximum absolute atomic E-state index is 12.4. The number of hydrogen-bond donors (Lipinski definition) is 1. The fourth-order valence-electron chi connectivity index (χ4n) is 2.34. The van der Waals surface area contributed by atoms with E-state index in [1.165, 1.54) is 6.20 Å². The molecule has 2 N–H and O–H groups in total. The van der Waals surface area contributed by atoms with Gasteiger partial charge >= 0.3 is 0 Å². The Hall–Kier alpha value is -1.63. The van der Waals surface area contributed by atoms with E-state index in [-0.39, 0.29) is 29.3 Å². The van der Waals surface area contributed by atoms with Gasteiger partial charge in [0.05, 0.1) is 17.1 Å². The van der Waals surface area contributed by atoms with E-state index in [0.717, 1.165) is 0 Å². The second-order valence-electron chi connectivity index (χ2n) is 4.58. The lowest BCUT2D eigenvalue weighted by molar-refractivity contribution is 0.0709. The third-order valence-corrected chi connectivity index (χ3v) is 5.07. The van der Waals surface area contributed by atoms with Crippen LogP contribution >= 0.6 is 0 Å². The third kappa shape index (κ3) is 2.86. The van der Waals surface area contributed by atoms with Gasteiger partial charge in [-0.3, -0.25) is 4.79 Å². The van der Waals surface area contributed by atoms with Crippen molar-refractivity contribution >= 4 is 21.6 Å². The van der Waals surface area contributed by atoms with Gasteiger partial charge in [0.1, 0.15) is 5.82 Å². The molecule has 6 nitrogen and oxygen atoms in total. The molecule has 1 aromatic rings. The van der Waals surface area contributed by atoms with Gasteiger partial charge in [0.2, 0.25) is 0 Å². The van der Waals surface area contributed by atoms with Crippen molar-refractivity contribution in [3.8, 4) is 0 Å². The Morgan fingerprint density at radius 1 is 1.58 bits per heavy atom. The number of pyridine rings is 1. The van der Waals surface area contributed by atoms with E-state index in [4.69, 9.17) is 5.73 Å². The summed E-state index contributed by atoms with van der Waals surface area (Å²) >= 11 is 0. The van der Waals surface area contributed by atoms with Gasteiger partial charge in [0, 0.05) is 18.8 Å². The summed E-state index contributed by atoms with van der Waals surface area (Å²) in [6.45, 7) is 2.28. The van der Waals surface area contributed by atoms with Crippen LogP contribution in [0, 0.1) is 0 Å². The first-order chi connectivity index (χ1) is 8.94. The van der Waals surface area contributed by atoms with Crippen LogP contribution in [0.25, 0.3) is 0 Å². The number of nitrogens with two attached hydrogens (primary N) is 1. The van der Waals surface area contributed by atoms with E-state index in [1.54, 1.807) is 17.0 Å². The molecule has 0 aromatic carbocycles. The Balaban J connectivity index is 2.24. The molecule has 0 radical (unpaired) electrons. The second kappa shape index (κ2) is 5.16. The number of nitrogens with zero attached hydrogens (tertiary/aromatic N) is 2. The Morgan fingerprint density at radius 2 is 2.32 bits per heavy atom. The minimum absolute atomic E-state index is 0.0345. The molecule has 1 amide bonds. The highest BCUT2D eigenvalue weighted by molar-refractivity contribution is 7.91. The largest absolute Gasteiger partial charge is 0.383 e. The van der Waals surface area contributed by atoms with Crippen LogP contribution in [0.1, 0.15) is 23.7 Å². The fourth-order valence-corrected chi connectivity index (χ4v) is 4.07. The number of hydrogen-bond acceptors (Lipinski definition) is 5. The van der Waals surface area contributed by atoms with Gasteiger partial charge in [-0.25, -0.2) is 13.4 Å². The van der Waals surface area contributed by atoms with Crippen LogP contribution in [0.2, 0.25) is 0 Å². The van der Waals surface area contributed by atoms with E-state index < -0.39 is 9.84 Å². The molecule has 104 valence electrons. The molecule has 1 unspecified atom stereocenters. The second-order valence-corrected chi connectivity index (χ2v) is 6.81. The van der Waals surface area contributed by atoms with Gasteiger partial charge in [-0.1, -0.05) is 0 Å². The van der Waals surface area contributed by atoms with Gasteiger partial charge in [0.15, 0.2) is 9.84 Å². The van der Waals surface area contributed by atoms with Gasteiger partial charge in [-0.05, 0) is 25.5 Å². The van der Waals surface area contributed by atoms with Crippen LogP contribution in [0.5, 0.6) is 0 Å². The third-order valence-electron chi connectivity index (χ3n) is 3.32. The number of nitrogen functional groups attached to an aromatic ring is 1. The molecule has 1 aromatic heterocycles. The molecule has 0 spiro atoms. The molecule has 0 aliphatic carbocycles. The van der Waals surface area contributed by atoms with E-state index in [1.807, 2.05) is 6.92 Å². The van der Waals surface area contributed by atoms with Crippen molar-refractivity contribution in [2.24, 2.45) is 0 Å². The summed E-state index contributed by atoms with van der Waals surface area (Å²) in [6, 6.07) is 2.99. The number of amides is 1. The summed E-state index contributed by atoms with van der Waals surface area (Å²) in [5.74, 6) is 0.0958. The quantitative estimate of drug-likeness (QED) is 0.862.